The first-order valence-electron chi connectivity index (χ1n) is 12.4. The molecule has 9 heteroatoms. The van der Waals surface area contributed by atoms with Gasteiger partial charge in [0.2, 0.25) is 0 Å². The van der Waals surface area contributed by atoms with Gasteiger partial charge >= 0.3 is 0 Å². The van der Waals surface area contributed by atoms with Crippen LogP contribution in [0.1, 0.15) is 46.2 Å². The highest BCUT2D eigenvalue weighted by atomic mass is 35.5. The van der Waals surface area contributed by atoms with Gasteiger partial charge in [-0.1, -0.05) is 18.7 Å². The summed E-state index contributed by atoms with van der Waals surface area (Å²) < 4.78 is 0. The number of amides is 2. The Morgan fingerprint density at radius 3 is 2.72 bits per heavy atom. The largest absolute Gasteiger partial charge is 0.507 e. The van der Waals surface area contributed by atoms with Gasteiger partial charge in [-0.2, -0.15) is 0 Å². The highest BCUT2D eigenvalue weighted by Crippen LogP contribution is 2.37. The molecule has 0 aliphatic carbocycles. The lowest BCUT2D eigenvalue weighted by atomic mass is 9.96. The second-order valence-corrected chi connectivity index (χ2v) is 9.86. The molecule has 1 aliphatic rings. The Kier molecular flexibility index (Phi) is 6.89. The topological polar surface area (TPSA) is 124 Å². The molecule has 3 heterocycles. The van der Waals surface area contributed by atoms with Gasteiger partial charge in [-0.05, 0) is 66.6 Å². The van der Waals surface area contributed by atoms with Gasteiger partial charge in [0.15, 0.2) is 0 Å². The number of pyridine rings is 1. The second-order valence-electron chi connectivity index (χ2n) is 9.55. The van der Waals surface area contributed by atoms with Crippen molar-refractivity contribution in [3.63, 3.8) is 0 Å². The molecule has 2 amide bonds. The number of halogens is 1. The molecule has 0 spiro atoms. The summed E-state index contributed by atoms with van der Waals surface area (Å²) in [5, 5.41) is 15.5. The average molecular weight is 542 g/mol. The van der Waals surface area contributed by atoms with E-state index in [0.717, 1.165) is 16.4 Å². The molecule has 5 N–H and O–H groups in total. The number of hydrogen-bond acceptors (Lipinski definition) is 5. The Bertz CT molecular complexity index is 1760. The quantitative estimate of drug-likeness (QED) is 0.222. The number of allylic oxidation sites excluding steroid dienone is 2. The zero-order chi connectivity index (χ0) is 27.8. The number of phenols is 1. The third-order valence-electron chi connectivity index (χ3n) is 6.91. The van der Waals surface area contributed by atoms with Crippen molar-refractivity contribution in [2.75, 3.05) is 28.4 Å². The Morgan fingerprint density at radius 1 is 1.28 bits per heavy atom. The van der Waals surface area contributed by atoms with Crippen LogP contribution in [0.15, 0.2) is 60.8 Å². The lowest BCUT2D eigenvalue weighted by molar-refractivity contribution is 0.0983. The molecule has 1 unspecified atom stereocenters. The van der Waals surface area contributed by atoms with E-state index in [4.69, 9.17) is 17.3 Å². The van der Waals surface area contributed by atoms with Crippen LogP contribution in [-0.4, -0.2) is 39.3 Å². The third kappa shape index (κ3) is 4.75. The van der Waals surface area contributed by atoms with E-state index < -0.39 is 0 Å². The minimum Gasteiger partial charge on any atom is -0.507 e. The Morgan fingerprint density at radius 2 is 2.03 bits per heavy atom. The molecule has 2 aromatic heterocycles. The summed E-state index contributed by atoms with van der Waals surface area (Å²) in [5.74, 6) is -0.378. The number of aromatic amines is 1. The van der Waals surface area contributed by atoms with Gasteiger partial charge in [-0.25, -0.2) is 4.98 Å². The SMILES string of the molecule is C=c1c(O)cc2c(/c1=C(C)/C=C\C)C(CCl)CN2C(=O)c1cc2cc(NC(=O)c3ccc(N)cc3)cnc2[nH]1. The smallest absolute Gasteiger partial charge is 0.274 e. The van der Waals surface area contributed by atoms with Crippen molar-refractivity contribution >= 4 is 63.7 Å². The van der Waals surface area contributed by atoms with Gasteiger partial charge in [-0.15, -0.1) is 11.6 Å². The molecule has 0 saturated carbocycles. The summed E-state index contributed by atoms with van der Waals surface area (Å²) in [4.78, 5) is 35.4. The van der Waals surface area contributed by atoms with Crippen LogP contribution in [0.3, 0.4) is 0 Å². The fourth-order valence-electron chi connectivity index (χ4n) is 5.04. The third-order valence-corrected chi connectivity index (χ3v) is 7.28. The van der Waals surface area contributed by atoms with Crippen molar-refractivity contribution in [1.82, 2.24) is 9.97 Å². The number of nitrogens with zero attached hydrogens (tertiary/aromatic N) is 2. The van der Waals surface area contributed by atoms with Crippen LogP contribution in [0.4, 0.5) is 17.1 Å². The number of hydrogen-bond donors (Lipinski definition) is 4. The minimum atomic E-state index is -0.297. The summed E-state index contributed by atoms with van der Waals surface area (Å²) >= 11 is 6.37. The normalized spacial score (nSPS) is 15.6. The first-order chi connectivity index (χ1) is 18.7. The number of nitrogen functional groups attached to an aromatic ring is 1. The van der Waals surface area contributed by atoms with Gasteiger partial charge in [-0.3, -0.25) is 9.59 Å². The molecule has 0 bridgehead atoms. The maximum atomic E-state index is 13.7. The van der Waals surface area contributed by atoms with Crippen LogP contribution >= 0.6 is 11.6 Å². The van der Waals surface area contributed by atoms with Crippen LogP contribution in [-0.2, 0) is 0 Å². The first kappa shape index (κ1) is 26.1. The van der Waals surface area contributed by atoms with E-state index in [9.17, 15) is 14.7 Å². The van der Waals surface area contributed by atoms with Gasteiger partial charge in [0, 0.05) is 46.3 Å². The number of nitrogens with two attached hydrogens (primary N) is 1. The van der Waals surface area contributed by atoms with E-state index in [-0.39, 0.29) is 23.5 Å². The second kappa shape index (κ2) is 10.3. The number of carbonyl (C=O) groups excluding carboxylic acids is 2. The Labute approximate surface area is 230 Å². The average Bonchev–Trinajstić information content (AvgIpc) is 3.50. The molecule has 1 atom stereocenters. The van der Waals surface area contributed by atoms with Crippen LogP contribution < -0.4 is 26.4 Å². The number of phenolic OH excluding ortho intramolecular Hbond substituents is 1. The van der Waals surface area contributed by atoms with E-state index in [2.05, 4.69) is 21.9 Å². The highest BCUT2D eigenvalue weighted by Gasteiger charge is 2.35. The number of nitrogens with one attached hydrogen (secondary N) is 2. The summed E-state index contributed by atoms with van der Waals surface area (Å²) in [7, 11) is 0. The molecule has 39 heavy (non-hydrogen) atoms. The van der Waals surface area contributed by atoms with E-state index in [1.807, 2.05) is 26.0 Å². The number of aromatic hydroxyl groups is 1. The van der Waals surface area contributed by atoms with Crippen LogP contribution in [0.2, 0.25) is 0 Å². The zero-order valence-corrected chi connectivity index (χ0v) is 22.3. The number of anilines is 3. The lowest BCUT2D eigenvalue weighted by Gasteiger charge is -2.17. The molecule has 4 aromatic rings. The molecule has 198 valence electrons. The van der Waals surface area contributed by atoms with Crippen molar-refractivity contribution in [2.45, 2.75) is 19.8 Å². The summed E-state index contributed by atoms with van der Waals surface area (Å²) in [6, 6.07) is 11.6. The Balaban J connectivity index is 1.49. The minimum absolute atomic E-state index is 0.0143. The van der Waals surface area contributed by atoms with Gasteiger partial charge < -0.3 is 26.0 Å². The summed E-state index contributed by atoms with van der Waals surface area (Å²) in [6.45, 7) is 8.31. The molecular weight excluding hydrogens is 514 g/mol. The number of rotatable bonds is 5. The van der Waals surface area contributed by atoms with Crippen LogP contribution in [0, 0.1) is 0 Å². The van der Waals surface area contributed by atoms with Gasteiger partial charge in [0.05, 0.1) is 17.6 Å². The van der Waals surface area contributed by atoms with E-state index in [1.54, 1.807) is 47.4 Å². The van der Waals surface area contributed by atoms with Crippen molar-refractivity contribution in [1.29, 1.82) is 0 Å². The number of benzene rings is 2. The van der Waals surface area contributed by atoms with Crippen LogP contribution in [0.5, 0.6) is 5.75 Å². The summed E-state index contributed by atoms with van der Waals surface area (Å²) in [6.07, 6.45) is 5.39. The molecule has 0 fully saturated rings. The highest BCUT2D eigenvalue weighted by molar-refractivity contribution is 6.19. The maximum Gasteiger partial charge on any atom is 0.274 e. The van der Waals surface area contributed by atoms with Crippen molar-refractivity contribution in [3.05, 3.63) is 88.1 Å². The standard InChI is InChI=1S/C30H28ClN5O3/c1-4-5-16(2)26-17(3)25(37)12-24-27(26)20(13-31)15-36(24)30(39)23-11-19-10-22(14-33-28(19)35-23)34-29(38)18-6-8-21(32)9-7-18/h4-12,14,20,37H,3,13,15,32H2,1-2H3,(H,33,35)(H,34,38)/b5-4-,26-16+. The van der Waals surface area contributed by atoms with Gasteiger partial charge in [0.1, 0.15) is 17.1 Å². The Hall–Kier alpha value is -4.56. The predicted molar refractivity (Wildman–Crippen MR) is 157 cm³/mol. The van der Waals surface area contributed by atoms with Crippen LogP contribution in [0.25, 0.3) is 23.2 Å². The molecule has 0 radical (unpaired) electrons. The van der Waals surface area contributed by atoms with E-state index >= 15 is 0 Å². The van der Waals surface area contributed by atoms with E-state index in [1.165, 1.54) is 6.20 Å². The molecule has 5 rings (SSSR count). The number of fused-ring (bicyclic) bond motifs is 2. The number of alkyl halides is 1. The molecular formula is C30H28ClN5O3. The van der Waals surface area contributed by atoms with Crippen molar-refractivity contribution < 1.29 is 14.7 Å². The molecule has 2 aromatic carbocycles. The first-order valence-corrected chi connectivity index (χ1v) is 13.0. The van der Waals surface area contributed by atoms with Crippen molar-refractivity contribution in [2.24, 2.45) is 0 Å². The van der Waals surface area contributed by atoms with E-state index in [0.29, 0.717) is 57.0 Å². The number of carbonyl (C=O) groups is 2. The lowest BCUT2D eigenvalue weighted by Crippen LogP contribution is -2.31. The zero-order valence-electron chi connectivity index (χ0n) is 21.6. The molecule has 8 nitrogen and oxygen atoms in total. The van der Waals surface area contributed by atoms with Gasteiger partial charge in [0.25, 0.3) is 11.8 Å². The maximum absolute atomic E-state index is 13.7. The monoisotopic (exact) mass is 541 g/mol. The predicted octanol–water partition coefficient (Wildman–Crippen LogP) is 4.24. The summed E-state index contributed by atoms with van der Waals surface area (Å²) in [5.41, 5.74) is 10.5. The number of aromatic nitrogens is 2. The fraction of sp³-hybridized carbons (Fsp3) is 0.167. The molecule has 0 saturated heterocycles. The molecule has 1 aliphatic heterocycles. The van der Waals surface area contributed by atoms with Crippen molar-refractivity contribution in [3.8, 4) is 5.75 Å². The fourth-order valence-corrected chi connectivity index (χ4v) is 5.30. The number of H-pyrrole nitrogens is 1.